The van der Waals surface area contributed by atoms with Gasteiger partial charge in [-0.25, -0.2) is 0 Å². The quantitative estimate of drug-likeness (QED) is 0.597. The number of nitrogens with one attached hydrogen (secondary N) is 1. The van der Waals surface area contributed by atoms with Gasteiger partial charge < -0.3 is 5.32 Å². The second-order valence-corrected chi connectivity index (χ2v) is 8.22. The Balaban J connectivity index is 1.58. The highest BCUT2D eigenvalue weighted by Gasteiger charge is 2.13. The number of rotatable bonds is 4. The van der Waals surface area contributed by atoms with Gasteiger partial charge in [-0.3, -0.25) is 4.79 Å². The first-order valence-corrected chi connectivity index (χ1v) is 9.42. The van der Waals surface area contributed by atoms with Crippen LogP contribution in [0, 0.1) is 0 Å². The SMILES string of the molecule is CC(C)(C)c1ccc(SCC(=O)Nc2ccc3ccccc3c2)cc1. The summed E-state index contributed by atoms with van der Waals surface area (Å²) in [5.74, 6) is 0.419. The number of thioether (sulfide) groups is 1. The minimum absolute atomic E-state index is 0.0141. The standard InChI is InChI=1S/C22H23NOS/c1-22(2,3)18-9-12-20(13-10-18)25-15-21(24)23-19-11-8-16-6-4-5-7-17(16)14-19/h4-14H,15H2,1-3H3,(H,23,24). The predicted octanol–water partition coefficient (Wildman–Crippen LogP) is 5.87. The summed E-state index contributed by atoms with van der Waals surface area (Å²) in [4.78, 5) is 13.3. The molecule has 0 bridgehead atoms. The van der Waals surface area contributed by atoms with Gasteiger partial charge in [-0.15, -0.1) is 11.8 Å². The summed E-state index contributed by atoms with van der Waals surface area (Å²) >= 11 is 1.56. The largest absolute Gasteiger partial charge is 0.325 e. The van der Waals surface area contributed by atoms with Crippen molar-refractivity contribution in [1.29, 1.82) is 0 Å². The molecule has 1 amide bonds. The van der Waals surface area contributed by atoms with Crippen molar-refractivity contribution in [2.24, 2.45) is 0 Å². The molecule has 0 saturated heterocycles. The highest BCUT2D eigenvalue weighted by Crippen LogP contribution is 2.26. The lowest BCUT2D eigenvalue weighted by Crippen LogP contribution is -2.14. The topological polar surface area (TPSA) is 29.1 Å². The van der Waals surface area contributed by atoms with E-state index in [1.54, 1.807) is 11.8 Å². The summed E-state index contributed by atoms with van der Waals surface area (Å²) in [5, 5.41) is 5.29. The van der Waals surface area contributed by atoms with Gasteiger partial charge in [0.2, 0.25) is 5.91 Å². The lowest BCUT2D eigenvalue weighted by Gasteiger charge is -2.19. The molecule has 0 radical (unpaired) electrons. The van der Waals surface area contributed by atoms with Crippen molar-refractivity contribution in [1.82, 2.24) is 0 Å². The Bertz CT molecular complexity index is 878. The first-order valence-electron chi connectivity index (χ1n) is 8.44. The van der Waals surface area contributed by atoms with Gasteiger partial charge in [0.15, 0.2) is 0 Å². The molecule has 1 N–H and O–H groups in total. The maximum atomic E-state index is 12.2. The highest BCUT2D eigenvalue weighted by atomic mass is 32.2. The molecular weight excluding hydrogens is 326 g/mol. The fourth-order valence-electron chi connectivity index (χ4n) is 2.66. The van der Waals surface area contributed by atoms with Gasteiger partial charge in [-0.05, 0) is 46.0 Å². The average Bonchev–Trinajstić information content (AvgIpc) is 2.59. The molecule has 0 aliphatic rings. The molecule has 0 aliphatic carbocycles. The van der Waals surface area contributed by atoms with E-state index in [-0.39, 0.29) is 11.3 Å². The number of carbonyl (C=O) groups is 1. The molecule has 3 aromatic carbocycles. The van der Waals surface area contributed by atoms with Crippen LogP contribution in [0.2, 0.25) is 0 Å². The van der Waals surface area contributed by atoms with Crippen molar-refractivity contribution >= 4 is 34.1 Å². The maximum absolute atomic E-state index is 12.2. The van der Waals surface area contributed by atoms with Crippen LogP contribution < -0.4 is 5.32 Å². The Hall–Kier alpha value is -2.26. The fourth-order valence-corrected chi connectivity index (χ4v) is 3.36. The number of hydrogen-bond donors (Lipinski definition) is 1. The number of benzene rings is 3. The maximum Gasteiger partial charge on any atom is 0.234 e. The van der Waals surface area contributed by atoms with E-state index in [9.17, 15) is 4.79 Å². The Morgan fingerprint density at radius 3 is 2.28 bits per heavy atom. The Labute approximate surface area is 153 Å². The minimum Gasteiger partial charge on any atom is -0.325 e. The van der Waals surface area contributed by atoms with Gasteiger partial charge in [0.05, 0.1) is 5.75 Å². The number of hydrogen-bond acceptors (Lipinski definition) is 2. The third-order valence-corrected chi connectivity index (χ3v) is 5.14. The lowest BCUT2D eigenvalue weighted by molar-refractivity contribution is -0.113. The normalized spacial score (nSPS) is 11.5. The summed E-state index contributed by atoms with van der Waals surface area (Å²) in [6.45, 7) is 6.60. The average molecular weight is 349 g/mol. The first kappa shape index (κ1) is 17.6. The van der Waals surface area contributed by atoms with E-state index in [2.05, 4.69) is 62.5 Å². The van der Waals surface area contributed by atoms with E-state index < -0.39 is 0 Å². The van der Waals surface area contributed by atoms with Crippen LogP contribution in [0.5, 0.6) is 0 Å². The molecule has 2 nitrogen and oxygen atoms in total. The molecule has 3 rings (SSSR count). The van der Waals surface area contributed by atoms with Crippen LogP contribution in [0.1, 0.15) is 26.3 Å². The second-order valence-electron chi connectivity index (χ2n) is 7.17. The van der Waals surface area contributed by atoms with Crippen LogP contribution in [-0.2, 0) is 10.2 Å². The van der Waals surface area contributed by atoms with E-state index in [4.69, 9.17) is 0 Å². The van der Waals surface area contributed by atoms with E-state index >= 15 is 0 Å². The Kier molecular flexibility index (Phi) is 5.14. The molecule has 0 atom stereocenters. The van der Waals surface area contributed by atoms with Gasteiger partial charge in [0, 0.05) is 10.6 Å². The van der Waals surface area contributed by atoms with Crippen LogP contribution in [0.3, 0.4) is 0 Å². The Morgan fingerprint density at radius 1 is 0.920 bits per heavy atom. The molecule has 128 valence electrons. The number of anilines is 1. The van der Waals surface area contributed by atoms with Gasteiger partial charge in [0.1, 0.15) is 0 Å². The molecule has 0 heterocycles. The van der Waals surface area contributed by atoms with E-state index in [1.807, 2.05) is 30.3 Å². The van der Waals surface area contributed by atoms with E-state index in [0.29, 0.717) is 5.75 Å². The Morgan fingerprint density at radius 2 is 1.60 bits per heavy atom. The van der Waals surface area contributed by atoms with Crippen molar-refractivity contribution < 1.29 is 4.79 Å². The molecule has 3 aromatic rings. The fraction of sp³-hybridized carbons (Fsp3) is 0.227. The van der Waals surface area contributed by atoms with Crippen LogP contribution in [0.25, 0.3) is 10.8 Å². The lowest BCUT2D eigenvalue weighted by atomic mass is 9.87. The molecule has 0 aromatic heterocycles. The first-order chi connectivity index (χ1) is 11.9. The number of carbonyl (C=O) groups excluding carboxylic acids is 1. The zero-order chi connectivity index (χ0) is 17.9. The van der Waals surface area contributed by atoms with E-state index in [1.165, 1.54) is 10.9 Å². The second kappa shape index (κ2) is 7.32. The zero-order valence-corrected chi connectivity index (χ0v) is 15.7. The monoisotopic (exact) mass is 349 g/mol. The summed E-state index contributed by atoms with van der Waals surface area (Å²) in [6.07, 6.45) is 0. The van der Waals surface area contributed by atoms with E-state index in [0.717, 1.165) is 16.0 Å². The van der Waals surface area contributed by atoms with Crippen LogP contribution in [0.4, 0.5) is 5.69 Å². The van der Waals surface area contributed by atoms with Gasteiger partial charge in [-0.1, -0.05) is 63.2 Å². The van der Waals surface area contributed by atoms with Gasteiger partial charge in [-0.2, -0.15) is 0 Å². The van der Waals surface area contributed by atoms with Crippen molar-refractivity contribution in [2.75, 3.05) is 11.1 Å². The summed E-state index contributed by atoms with van der Waals surface area (Å²) in [5.41, 5.74) is 2.29. The van der Waals surface area contributed by atoms with Gasteiger partial charge in [0.25, 0.3) is 0 Å². The van der Waals surface area contributed by atoms with Crippen molar-refractivity contribution in [3.8, 4) is 0 Å². The zero-order valence-electron chi connectivity index (χ0n) is 14.9. The van der Waals surface area contributed by atoms with Crippen LogP contribution in [0.15, 0.2) is 71.6 Å². The molecule has 0 unspecified atom stereocenters. The van der Waals surface area contributed by atoms with Crippen molar-refractivity contribution in [3.05, 3.63) is 72.3 Å². The molecule has 0 fully saturated rings. The summed E-state index contributed by atoms with van der Waals surface area (Å²) < 4.78 is 0. The number of amides is 1. The molecule has 25 heavy (non-hydrogen) atoms. The molecule has 3 heteroatoms. The summed E-state index contributed by atoms with van der Waals surface area (Å²) in [6, 6.07) is 22.6. The minimum atomic E-state index is 0.0141. The molecular formula is C22H23NOS. The third-order valence-electron chi connectivity index (χ3n) is 4.12. The number of fused-ring (bicyclic) bond motifs is 1. The smallest absolute Gasteiger partial charge is 0.234 e. The van der Waals surface area contributed by atoms with Gasteiger partial charge >= 0.3 is 0 Å². The third kappa shape index (κ3) is 4.64. The molecule has 0 aliphatic heterocycles. The predicted molar refractivity (Wildman–Crippen MR) is 108 cm³/mol. The molecule has 0 spiro atoms. The van der Waals surface area contributed by atoms with Crippen molar-refractivity contribution in [3.63, 3.8) is 0 Å². The van der Waals surface area contributed by atoms with Crippen LogP contribution >= 0.6 is 11.8 Å². The summed E-state index contributed by atoms with van der Waals surface area (Å²) in [7, 11) is 0. The van der Waals surface area contributed by atoms with Crippen molar-refractivity contribution in [2.45, 2.75) is 31.1 Å². The molecule has 0 saturated carbocycles. The highest BCUT2D eigenvalue weighted by molar-refractivity contribution is 8.00. The van der Waals surface area contributed by atoms with Crippen LogP contribution in [-0.4, -0.2) is 11.7 Å².